The summed E-state index contributed by atoms with van der Waals surface area (Å²) in [5, 5.41) is 7.73. The first-order valence-corrected chi connectivity index (χ1v) is 9.65. The lowest BCUT2D eigenvalue weighted by molar-refractivity contribution is 0.411. The molecule has 8 heteroatoms. The highest BCUT2D eigenvalue weighted by Gasteiger charge is 2.24. The number of halogens is 1. The van der Waals surface area contributed by atoms with E-state index < -0.39 is 21.9 Å². The predicted molar refractivity (Wildman–Crippen MR) is 94.1 cm³/mol. The van der Waals surface area contributed by atoms with Gasteiger partial charge in [-0.05, 0) is 29.7 Å². The van der Waals surface area contributed by atoms with Gasteiger partial charge in [0.25, 0.3) is 0 Å². The van der Waals surface area contributed by atoms with E-state index >= 15 is 0 Å². The third kappa shape index (κ3) is 4.96. The van der Waals surface area contributed by atoms with Crippen molar-refractivity contribution in [3.8, 4) is 0 Å². The van der Waals surface area contributed by atoms with E-state index in [1.807, 2.05) is 30.3 Å². The summed E-state index contributed by atoms with van der Waals surface area (Å²) in [5.74, 6) is -0.127. The molecule has 0 aliphatic carbocycles. The first-order chi connectivity index (χ1) is 12.4. The summed E-state index contributed by atoms with van der Waals surface area (Å²) in [6.07, 6.45) is 0.366. The molecule has 1 N–H and O–H groups in total. The van der Waals surface area contributed by atoms with Gasteiger partial charge in [-0.25, -0.2) is 17.5 Å². The number of aryl methyl sites for hydroxylation is 1. The molecule has 0 aliphatic rings. The van der Waals surface area contributed by atoms with Crippen molar-refractivity contribution >= 4 is 10.0 Å². The van der Waals surface area contributed by atoms with Gasteiger partial charge in [0, 0.05) is 6.92 Å². The average Bonchev–Trinajstić information content (AvgIpc) is 3.03. The number of hydrogen-bond acceptors (Lipinski definition) is 5. The molecule has 0 saturated heterocycles. The van der Waals surface area contributed by atoms with Crippen LogP contribution in [-0.4, -0.2) is 18.6 Å². The van der Waals surface area contributed by atoms with Gasteiger partial charge in [0.15, 0.2) is 0 Å². The molecule has 0 amide bonds. The summed E-state index contributed by atoms with van der Waals surface area (Å²) in [6.45, 7) is 1.64. The van der Waals surface area contributed by atoms with Crippen molar-refractivity contribution in [2.24, 2.45) is 0 Å². The maximum absolute atomic E-state index is 13.0. The molecule has 0 saturated carbocycles. The minimum Gasteiger partial charge on any atom is -0.424 e. The van der Waals surface area contributed by atoms with E-state index in [9.17, 15) is 12.8 Å². The number of sulfonamides is 1. The van der Waals surface area contributed by atoms with Crippen molar-refractivity contribution in [1.29, 1.82) is 0 Å². The Kier molecular flexibility index (Phi) is 5.43. The molecular weight excluding hydrogens is 357 g/mol. The third-order valence-electron chi connectivity index (χ3n) is 3.71. The molecule has 3 rings (SSSR count). The Bertz CT molecular complexity index is 957. The van der Waals surface area contributed by atoms with Crippen LogP contribution in [0.15, 0.2) is 59.0 Å². The average molecular weight is 375 g/mol. The molecule has 136 valence electrons. The Labute approximate surface area is 151 Å². The molecule has 1 atom stereocenters. The van der Waals surface area contributed by atoms with Gasteiger partial charge in [-0.15, -0.1) is 10.2 Å². The monoisotopic (exact) mass is 375 g/mol. The second-order valence-electron chi connectivity index (χ2n) is 5.91. The van der Waals surface area contributed by atoms with Crippen LogP contribution in [0.3, 0.4) is 0 Å². The molecule has 1 heterocycles. The van der Waals surface area contributed by atoms with Crippen molar-refractivity contribution in [3.63, 3.8) is 0 Å². The second-order valence-corrected chi connectivity index (χ2v) is 7.66. The molecule has 0 fully saturated rings. The predicted octanol–water partition coefficient (Wildman–Crippen LogP) is 2.92. The van der Waals surface area contributed by atoms with Crippen molar-refractivity contribution in [3.05, 3.63) is 83.3 Å². The minimum absolute atomic E-state index is 0.203. The molecular formula is C18H18FN3O3S. The van der Waals surface area contributed by atoms with Crippen LogP contribution in [0.2, 0.25) is 0 Å². The van der Waals surface area contributed by atoms with E-state index in [4.69, 9.17) is 4.42 Å². The number of rotatable bonds is 7. The van der Waals surface area contributed by atoms with Gasteiger partial charge in [-0.1, -0.05) is 42.5 Å². The van der Waals surface area contributed by atoms with Crippen molar-refractivity contribution in [1.82, 2.24) is 14.9 Å². The highest BCUT2D eigenvalue weighted by Crippen LogP contribution is 2.19. The third-order valence-corrected chi connectivity index (χ3v) is 5.07. The fraction of sp³-hybridized carbons (Fsp3) is 0.222. The van der Waals surface area contributed by atoms with Crippen LogP contribution in [0.25, 0.3) is 0 Å². The molecule has 0 aliphatic heterocycles. The second kappa shape index (κ2) is 7.76. The highest BCUT2D eigenvalue weighted by molar-refractivity contribution is 7.88. The Hall–Kier alpha value is -2.58. The molecule has 0 radical (unpaired) electrons. The lowest BCUT2D eigenvalue weighted by Gasteiger charge is -2.16. The first kappa shape index (κ1) is 18.2. The molecule has 6 nitrogen and oxygen atoms in total. The maximum atomic E-state index is 13.0. The molecule has 3 aromatic rings. The summed E-state index contributed by atoms with van der Waals surface area (Å²) in [4.78, 5) is 0. The molecule has 0 spiro atoms. The lowest BCUT2D eigenvalue weighted by Crippen LogP contribution is -2.31. The van der Waals surface area contributed by atoms with Crippen molar-refractivity contribution < 1.29 is 17.2 Å². The standard InChI is InChI=1S/C18H18FN3O3S/c1-13-20-21-18(25-13)17(11-14-5-3-2-4-6-14)22-26(23,24)12-15-7-9-16(19)10-8-15/h2-10,17,22H,11-12H2,1H3. The van der Waals surface area contributed by atoms with Crippen LogP contribution in [0.4, 0.5) is 4.39 Å². The van der Waals surface area contributed by atoms with Gasteiger partial charge in [0.2, 0.25) is 21.8 Å². The van der Waals surface area contributed by atoms with Crippen LogP contribution in [0, 0.1) is 12.7 Å². The summed E-state index contributed by atoms with van der Waals surface area (Å²) >= 11 is 0. The smallest absolute Gasteiger partial charge is 0.234 e. The first-order valence-electron chi connectivity index (χ1n) is 8.00. The molecule has 26 heavy (non-hydrogen) atoms. The molecule has 1 unspecified atom stereocenters. The molecule has 0 bridgehead atoms. The Balaban J connectivity index is 1.81. The number of hydrogen-bond donors (Lipinski definition) is 1. The zero-order valence-electron chi connectivity index (χ0n) is 14.1. The fourth-order valence-electron chi connectivity index (χ4n) is 2.54. The Morgan fingerprint density at radius 2 is 1.73 bits per heavy atom. The van der Waals surface area contributed by atoms with Gasteiger partial charge in [-0.3, -0.25) is 0 Å². The van der Waals surface area contributed by atoms with Gasteiger partial charge in [-0.2, -0.15) is 0 Å². The molecule has 2 aromatic carbocycles. The number of benzene rings is 2. The van der Waals surface area contributed by atoms with Crippen LogP contribution in [0.1, 0.15) is 29.0 Å². The van der Waals surface area contributed by atoms with Gasteiger partial charge in [0.1, 0.15) is 11.9 Å². The topological polar surface area (TPSA) is 85.1 Å². The quantitative estimate of drug-likeness (QED) is 0.686. The van der Waals surface area contributed by atoms with E-state index in [0.717, 1.165) is 5.56 Å². The normalized spacial score (nSPS) is 12.8. The fourth-order valence-corrected chi connectivity index (χ4v) is 3.87. The Morgan fingerprint density at radius 3 is 2.35 bits per heavy atom. The van der Waals surface area contributed by atoms with Crippen LogP contribution < -0.4 is 4.72 Å². The number of nitrogens with zero attached hydrogens (tertiary/aromatic N) is 2. The van der Waals surface area contributed by atoms with Crippen molar-refractivity contribution in [2.75, 3.05) is 0 Å². The van der Waals surface area contributed by atoms with E-state index in [1.54, 1.807) is 6.92 Å². The summed E-state index contributed by atoms with van der Waals surface area (Å²) in [5.41, 5.74) is 1.41. The lowest BCUT2D eigenvalue weighted by atomic mass is 10.1. The summed E-state index contributed by atoms with van der Waals surface area (Å²) in [6, 6.07) is 14.1. The van der Waals surface area contributed by atoms with Crippen LogP contribution in [0.5, 0.6) is 0 Å². The van der Waals surface area contributed by atoms with Crippen LogP contribution >= 0.6 is 0 Å². The van der Waals surface area contributed by atoms with Gasteiger partial charge >= 0.3 is 0 Å². The van der Waals surface area contributed by atoms with E-state index in [2.05, 4.69) is 14.9 Å². The zero-order valence-corrected chi connectivity index (χ0v) is 14.9. The van der Waals surface area contributed by atoms with E-state index in [1.165, 1.54) is 24.3 Å². The largest absolute Gasteiger partial charge is 0.424 e. The minimum atomic E-state index is -3.71. The number of nitrogens with one attached hydrogen (secondary N) is 1. The molecule has 1 aromatic heterocycles. The van der Waals surface area contributed by atoms with E-state index in [-0.39, 0.29) is 11.6 Å². The van der Waals surface area contributed by atoms with Crippen molar-refractivity contribution in [2.45, 2.75) is 25.1 Å². The zero-order chi connectivity index (χ0) is 18.6. The highest BCUT2D eigenvalue weighted by atomic mass is 32.2. The van der Waals surface area contributed by atoms with Crippen LogP contribution in [-0.2, 0) is 22.2 Å². The summed E-state index contributed by atoms with van der Waals surface area (Å²) < 4.78 is 46.2. The van der Waals surface area contributed by atoms with Gasteiger partial charge < -0.3 is 4.42 Å². The number of aromatic nitrogens is 2. The van der Waals surface area contributed by atoms with Gasteiger partial charge in [0.05, 0.1) is 5.75 Å². The Morgan fingerprint density at radius 1 is 1.04 bits per heavy atom. The van der Waals surface area contributed by atoms with E-state index in [0.29, 0.717) is 17.9 Å². The maximum Gasteiger partial charge on any atom is 0.234 e. The summed E-state index contributed by atoms with van der Waals surface area (Å²) in [7, 11) is -3.71. The SMILES string of the molecule is Cc1nnc(C(Cc2ccccc2)NS(=O)(=O)Cc2ccc(F)cc2)o1.